The molecule has 7 nitrogen and oxygen atoms in total. The molecule has 0 aliphatic heterocycles. The number of hydrogen-bond acceptors (Lipinski definition) is 4. The van der Waals surface area contributed by atoms with E-state index in [0.717, 1.165) is 15.0 Å². The molecule has 0 saturated carbocycles. The van der Waals surface area contributed by atoms with Crippen LogP contribution in [0.5, 0.6) is 0 Å². The van der Waals surface area contributed by atoms with Gasteiger partial charge in [-0.2, -0.15) is 0 Å². The lowest BCUT2D eigenvalue weighted by molar-refractivity contribution is -0.140. The summed E-state index contributed by atoms with van der Waals surface area (Å²) < 4.78 is 39.9. The van der Waals surface area contributed by atoms with Crippen LogP contribution in [0.4, 0.5) is 10.1 Å². The first-order valence-electron chi connectivity index (χ1n) is 9.55. The average molecular weight is 514 g/mol. The molecule has 0 aliphatic rings. The maximum absolute atomic E-state index is 13.3. The summed E-state index contributed by atoms with van der Waals surface area (Å²) in [6.45, 7) is 1.31. The molecule has 31 heavy (non-hydrogen) atoms. The van der Waals surface area contributed by atoms with Crippen LogP contribution < -0.4 is 9.62 Å². The van der Waals surface area contributed by atoms with Crippen molar-refractivity contribution in [3.63, 3.8) is 0 Å². The van der Waals surface area contributed by atoms with Crippen molar-refractivity contribution >= 4 is 43.5 Å². The monoisotopic (exact) mass is 513 g/mol. The molecule has 0 unspecified atom stereocenters. The quantitative estimate of drug-likeness (QED) is 0.558. The zero-order valence-corrected chi connectivity index (χ0v) is 19.9. The molecule has 2 aromatic rings. The van der Waals surface area contributed by atoms with Crippen LogP contribution in [0.2, 0.25) is 0 Å². The summed E-state index contributed by atoms with van der Waals surface area (Å²) in [5, 5.41) is 2.54. The Kier molecular flexibility index (Phi) is 8.58. The van der Waals surface area contributed by atoms with Gasteiger partial charge >= 0.3 is 0 Å². The lowest BCUT2D eigenvalue weighted by Gasteiger charge is -2.32. The van der Waals surface area contributed by atoms with E-state index >= 15 is 0 Å². The molecule has 0 aromatic heterocycles. The Morgan fingerprint density at radius 1 is 1.10 bits per heavy atom. The molecule has 0 spiro atoms. The number of carbonyl (C=O) groups is 2. The normalized spacial score (nSPS) is 12.2. The van der Waals surface area contributed by atoms with Crippen molar-refractivity contribution in [3.8, 4) is 0 Å². The molecule has 2 aromatic carbocycles. The molecule has 1 atom stereocenters. The van der Waals surface area contributed by atoms with Crippen molar-refractivity contribution in [2.24, 2.45) is 0 Å². The molecular formula is C21H25BrFN3O4S. The molecule has 0 aliphatic carbocycles. The van der Waals surface area contributed by atoms with Crippen LogP contribution in [0.25, 0.3) is 0 Å². The first-order valence-corrected chi connectivity index (χ1v) is 12.2. The van der Waals surface area contributed by atoms with Crippen LogP contribution in [-0.2, 0) is 26.2 Å². The van der Waals surface area contributed by atoms with Crippen LogP contribution >= 0.6 is 15.9 Å². The highest BCUT2D eigenvalue weighted by Crippen LogP contribution is 2.22. The van der Waals surface area contributed by atoms with Gasteiger partial charge in [0.2, 0.25) is 21.8 Å². The Bertz CT molecular complexity index is 1010. The molecule has 10 heteroatoms. The Morgan fingerprint density at radius 2 is 1.68 bits per heavy atom. The van der Waals surface area contributed by atoms with Crippen molar-refractivity contribution in [2.75, 3.05) is 24.2 Å². The van der Waals surface area contributed by atoms with Crippen molar-refractivity contribution in [1.29, 1.82) is 0 Å². The summed E-state index contributed by atoms with van der Waals surface area (Å²) in [5.74, 6) is -1.33. The molecule has 0 fully saturated rings. The summed E-state index contributed by atoms with van der Waals surface area (Å²) in [6.07, 6.45) is 1.34. The molecule has 0 bridgehead atoms. The van der Waals surface area contributed by atoms with E-state index in [4.69, 9.17) is 0 Å². The predicted octanol–water partition coefficient (Wildman–Crippen LogP) is 2.91. The third kappa shape index (κ3) is 6.76. The van der Waals surface area contributed by atoms with Gasteiger partial charge in [-0.05, 0) is 48.4 Å². The van der Waals surface area contributed by atoms with Gasteiger partial charge in [-0.25, -0.2) is 12.8 Å². The number of anilines is 1. The summed E-state index contributed by atoms with van der Waals surface area (Å²) in [5.41, 5.74) is 0.945. The minimum absolute atomic E-state index is 0.0307. The van der Waals surface area contributed by atoms with E-state index in [1.54, 1.807) is 31.2 Å². The van der Waals surface area contributed by atoms with Gasteiger partial charge < -0.3 is 10.2 Å². The highest BCUT2D eigenvalue weighted by molar-refractivity contribution is 9.10. The van der Waals surface area contributed by atoms with Gasteiger partial charge in [0.15, 0.2) is 0 Å². The first-order chi connectivity index (χ1) is 14.6. The maximum atomic E-state index is 13.3. The molecular weight excluding hydrogens is 489 g/mol. The molecule has 0 radical (unpaired) electrons. The number of nitrogens with one attached hydrogen (secondary N) is 1. The highest BCUT2D eigenvalue weighted by Gasteiger charge is 2.31. The van der Waals surface area contributed by atoms with Gasteiger partial charge in [-0.1, -0.05) is 35.0 Å². The summed E-state index contributed by atoms with van der Waals surface area (Å²) >= 11 is 3.30. The van der Waals surface area contributed by atoms with Gasteiger partial charge in [-0.15, -0.1) is 0 Å². The van der Waals surface area contributed by atoms with Gasteiger partial charge in [0.1, 0.15) is 18.4 Å². The number of likely N-dealkylation sites (N-methyl/N-ethyl adjacent to an activating group) is 1. The summed E-state index contributed by atoms with van der Waals surface area (Å²) in [6, 6.07) is 11.3. The number of sulfonamides is 1. The minimum Gasteiger partial charge on any atom is -0.357 e. The highest BCUT2D eigenvalue weighted by atomic mass is 79.9. The van der Waals surface area contributed by atoms with Crippen LogP contribution in [0.3, 0.4) is 0 Å². The zero-order valence-electron chi connectivity index (χ0n) is 17.5. The number of nitrogens with zero attached hydrogens (tertiary/aromatic N) is 2. The van der Waals surface area contributed by atoms with Crippen LogP contribution in [0, 0.1) is 5.82 Å². The number of carbonyl (C=O) groups excluding carboxylic acids is 2. The molecule has 168 valence electrons. The van der Waals surface area contributed by atoms with Crippen molar-refractivity contribution in [2.45, 2.75) is 25.9 Å². The fourth-order valence-corrected chi connectivity index (χ4v) is 4.21. The SMILES string of the molecule is CC[C@@H](C(=O)NC)N(Cc1ccc(F)cc1)C(=O)CN(c1ccc(Br)cc1)S(C)(=O)=O. The summed E-state index contributed by atoms with van der Waals surface area (Å²) in [7, 11) is -2.31. The Balaban J connectivity index is 2.40. The van der Waals surface area contributed by atoms with E-state index in [2.05, 4.69) is 21.2 Å². The number of halogens is 2. The van der Waals surface area contributed by atoms with Crippen LogP contribution in [-0.4, -0.2) is 51.0 Å². The van der Waals surface area contributed by atoms with E-state index in [1.165, 1.54) is 36.2 Å². The van der Waals surface area contributed by atoms with Gasteiger partial charge in [0.25, 0.3) is 0 Å². The Hall–Kier alpha value is -2.46. The van der Waals surface area contributed by atoms with E-state index in [0.29, 0.717) is 17.7 Å². The third-order valence-electron chi connectivity index (χ3n) is 4.69. The smallest absolute Gasteiger partial charge is 0.244 e. The summed E-state index contributed by atoms with van der Waals surface area (Å²) in [4.78, 5) is 27.0. The van der Waals surface area contributed by atoms with Gasteiger partial charge in [0.05, 0.1) is 11.9 Å². The number of hydrogen-bond donors (Lipinski definition) is 1. The second-order valence-electron chi connectivity index (χ2n) is 6.93. The molecule has 0 saturated heterocycles. The minimum atomic E-state index is -3.78. The number of rotatable bonds is 9. The topological polar surface area (TPSA) is 86.8 Å². The van der Waals surface area contributed by atoms with Crippen molar-refractivity contribution in [3.05, 3.63) is 64.4 Å². The number of amides is 2. The Morgan fingerprint density at radius 3 is 2.16 bits per heavy atom. The van der Waals surface area contributed by atoms with Crippen molar-refractivity contribution in [1.82, 2.24) is 10.2 Å². The fraction of sp³-hybridized carbons (Fsp3) is 0.333. The lowest BCUT2D eigenvalue weighted by atomic mass is 10.1. The standard InChI is InChI=1S/C21H25BrFN3O4S/c1-4-19(21(28)24-2)25(13-15-5-9-17(23)10-6-15)20(27)14-26(31(3,29)30)18-11-7-16(22)8-12-18/h5-12,19H,4,13-14H2,1-3H3,(H,24,28)/t19-/m0/s1. The van der Waals surface area contributed by atoms with E-state index in [1.807, 2.05) is 0 Å². The fourth-order valence-electron chi connectivity index (χ4n) is 3.09. The second kappa shape index (κ2) is 10.7. The lowest BCUT2D eigenvalue weighted by Crippen LogP contribution is -2.51. The maximum Gasteiger partial charge on any atom is 0.244 e. The predicted molar refractivity (Wildman–Crippen MR) is 121 cm³/mol. The molecule has 2 amide bonds. The third-order valence-corrected chi connectivity index (χ3v) is 6.36. The van der Waals surface area contributed by atoms with E-state index in [-0.39, 0.29) is 12.5 Å². The first kappa shape index (κ1) is 24.8. The molecule has 0 heterocycles. The second-order valence-corrected chi connectivity index (χ2v) is 9.75. The van der Waals surface area contributed by atoms with Crippen LogP contribution in [0.1, 0.15) is 18.9 Å². The number of benzene rings is 2. The van der Waals surface area contributed by atoms with E-state index in [9.17, 15) is 22.4 Å². The van der Waals surface area contributed by atoms with E-state index < -0.39 is 34.3 Å². The van der Waals surface area contributed by atoms with Gasteiger partial charge in [-0.3, -0.25) is 13.9 Å². The van der Waals surface area contributed by atoms with Crippen molar-refractivity contribution < 1.29 is 22.4 Å². The molecule has 1 N–H and O–H groups in total. The molecule has 2 rings (SSSR count). The zero-order chi connectivity index (χ0) is 23.2. The largest absolute Gasteiger partial charge is 0.357 e. The van der Waals surface area contributed by atoms with Gasteiger partial charge in [0, 0.05) is 18.1 Å². The van der Waals surface area contributed by atoms with Crippen LogP contribution in [0.15, 0.2) is 53.0 Å². The Labute approximate surface area is 190 Å². The average Bonchev–Trinajstić information content (AvgIpc) is 2.72.